The SMILES string of the molecule is CN.[NH-]c1ccc2c(O)cc(SOOO)cc2c1.[W]. The van der Waals surface area contributed by atoms with Crippen molar-refractivity contribution < 1.29 is 40.8 Å². The fourth-order valence-electron chi connectivity index (χ4n) is 1.43. The number of fused-ring (bicyclic) bond motifs is 1. The fourth-order valence-corrected chi connectivity index (χ4v) is 1.87. The zero-order valence-electron chi connectivity index (χ0n) is 9.99. The van der Waals surface area contributed by atoms with E-state index in [0.717, 1.165) is 17.4 Å². The zero-order valence-corrected chi connectivity index (χ0v) is 13.7. The van der Waals surface area contributed by atoms with Crippen LogP contribution in [0.15, 0.2) is 35.2 Å². The van der Waals surface area contributed by atoms with Crippen molar-refractivity contribution in [1.29, 1.82) is 0 Å². The van der Waals surface area contributed by atoms with Crippen LogP contribution in [0.2, 0.25) is 0 Å². The molecule has 6 nitrogen and oxygen atoms in total. The molecule has 5 N–H and O–H groups in total. The van der Waals surface area contributed by atoms with Crippen molar-refractivity contribution in [3.8, 4) is 5.75 Å². The summed E-state index contributed by atoms with van der Waals surface area (Å²) in [6.07, 6.45) is 0. The van der Waals surface area contributed by atoms with E-state index in [2.05, 4.69) is 15.1 Å². The summed E-state index contributed by atoms with van der Waals surface area (Å²) in [5, 5.41) is 22.6. The molecule has 0 saturated heterocycles. The molecular formula is C11H13N2O4SW-. The Kier molecular flexibility index (Phi) is 8.75. The quantitative estimate of drug-likeness (QED) is 0.374. The van der Waals surface area contributed by atoms with E-state index >= 15 is 0 Å². The maximum Gasteiger partial charge on any atom is 0.124 e. The van der Waals surface area contributed by atoms with Crippen molar-refractivity contribution in [3.05, 3.63) is 36.1 Å². The molecule has 0 aliphatic rings. The molecule has 0 radical (unpaired) electrons. The standard InChI is InChI=1S/C10H8NO4S.CH5N.W/c11-7-1-2-9-6(3-7)4-8(5-10(9)12)16-15-14-13;1-2;/h1-5,11-13H;2H2,1H3;/q-1;;. The van der Waals surface area contributed by atoms with Crippen LogP contribution in [0, 0.1) is 0 Å². The van der Waals surface area contributed by atoms with Crippen molar-refractivity contribution in [2.75, 3.05) is 7.05 Å². The Hall–Kier alpha value is -0.822. The fraction of sp³-hybridized carbons (Fsp3) is 0.0909. The average Bonchev–Trinajstić information content (AvgIpc) is 2.38. The van der Waals surface area contributed by atoms with Crippen molar-refractivity contribution in [2.45, 2.75) is 4.90 Å². The topological polar surface area (TPSA) is 109 Å². The smallest absolute Gasteiger partial charge is 0.124 e. The number of nitrogens with two attached hydrogens (primary N) is 1. The predicted octanol–water partition coefficient (Wildman–Crippen LogP) is 3.23. The Morgan fingerprint density at radius 3 is 2.53 bits per heavy atom. The Bertz CT molecular complexity index is 527. The molecule has 0 bridgehead atoms. The van der Waals surface area contributed by atoms with E-state index in [0.29, 0.717) is 16.0 Å². The van der Waals surface area contributed by atoms with Crippen LogP contribution in [0.5, 0.6) is 5.75 Å². The van der Waals surface area contributed by atoms with Gasteiger partial charge in [0, 0.05) is 31.3 Å². The number of hydrogen-bond acceptors (Lipinski definition) is 6. The van der Waals surface area contributed by atoms with Crippen LogP contribution < -0.4 is 5.73 Å². The molecule has 0 unspecified atom stereocenters. The van der Waals surface area contributed by atoms with Gasteiger partial charge in [-0.05, 0) is 24.6 Å². The van der Waals surface area contributed by atoms with Gasteiger partial charge in [0.15, 0.2) is 0 Å². The number of aromatic hydroxyl groups is 1. The van der Waals surface area contributed by atoms with Crippen molar-refractivity contribution in [3.63, 3.8) is 0 Å². The van der Waals surface area contributed by atoms with Gasteiger partial charge in [-0.1, -0.05) is 23.2 Å². The number of phenols is 1. The maximum absolute atomic E-state index is 9.71. The number of hydrogen-bond donors (Lipinski definition) is 3. The molecule has 0 amide bonds. The summed E-state index contributed by atoms with van der Waals surface area (Å²) in [5.74, 6) is 0.0848. The zero-order chi connectivity index (χ0) is 13.5. The van der Waals surface area contributed by atoms with E-state index in [1.54, 1.807) is 24.3 Å². The van der Waals surface area contributed by atoms with E-state index in [1.165, 1.54) is 13.1 Å². The molecule has 0 aliphatic carbocycles. The van der Waals surface area contributed by atoms with Gasteiger partial charge in [-0.15, -0.1) is 10.0 Å². The van der Waals surface area contributed by atoms with E-state index in [1.807, 2.05) is 0 Å². The second-order valence-corrected chi connectivity index (χ2v) is 3.88. The van der Waals surface area contributed by atoms with Gasteiger partial charge in [0.2, 0.25) is 0 Å². The van der Waals surface area contributed by atoms with Crippen LogP contribution in [-0.2, 0) is 30.4 Å². The first-order valence-corrected chi connectivity index (χ1v) is 5.66. The summed E-state index contributed by atoms with van der Waals surface area (Å²) >= 11 is 0.762. The van der Waals surface area contributed by atoms with Gasteiger partial charge in [-0.3, -0.25) is 0 Å². The number of benzene rings is 2. The van der Waals surface area contributed by atoms with Crippen LogP contribution in [0.3, 0.4) is 0 Å². The minimum Gasteiger partial charge on any atom is -0.699 e. The first-order chi connectivity index (χ1) is 8.70. The molecule has 2 aromatic rings. The van der Waals surface area contributed by atoms with Crippen LogP contribution >= 0.6 is 12.0 Å². The van der Waals surface area contributed by atoms with Gasteiger partial charge in [0.05, 0.1) is 12.0 Å². The summed E-state index contributed by atoms with van der Waals surface area (Å²) in [7, 11) is 1.50. The molecule has 0 saturated carbocycles. The molecule has 0 aromatic heterocycles. The first-order valence-electron chi connectivity index (χ1n) is 4.91. The summed E-state index contributed by atoms with van der Waals surface area (Å²) in [4.78, 5) is 0.560. The molecule has 2 rings (SSSR count). The minimum atomic E-state index is 0. The maximum atomic E-state index is 9.71. The summed E-state index contributed by atoms with van der Waals surface area (Å²) in [5.41, 5.74) is 12.3. The molecule has 2 aromatic carbocycles. The van der Waals surface area contributed by atoms with Crippen molar-refractivity contribution in [1.82, 2.24) is 0 Å². The van der Waals surface area contributed by atoms with Crippen LogP contribution in [-0.4, -0.2) is 17.4 Å². The molecule has 0 heterocycles. The normalized spacial score (nSPS) is 9.42. The van der Waals surface area contributed by atoms with Gasteiger partial charge in [0.25, 0.3) is 0 Å². The van der Waals surface area contributed by atoms with Gasteiger partial charge >= 0.3 is 0 Å². The third-order valence-corrected chi connectivity index (χ3v) is 2.62. The van der Waals surface area contributed by atoms with Gasteiger partial charge in [-0.2, -0.15) is 0 Å². The Balaban J connectivity index is 0.00000103. The van der Waals surface area contributed by atoms with Crippen LogP contribution in [0.25, 0.3) is 16.5 Å². The molecule has 0 aliphatic heterocycles. The largest absolute Gasteiger partial charge is 0.699 e. The van der Waals surface area contributed by atoms with Crippen LogP contribution in [0.1, 0.15) is 0 Å². The van der Waals surface area contributed by atoms with Gasteiger partial charge in [0.1, 0.15) is 5.75 Å². The van der Waals surface area contributed by atoms with Crippen molar-refractivity contribution >= 4 is 28.5 Å². The van der Waals surface area contributed by atoms with E-state index in [4.69, 9.17) is 11.0 Å². The average molecular weight is 453 g/mol. The molecule has 0 spiro atoms. The van der Waals surface area contributed by atoms with E-state index < -0.39 is 0 Å². The van der Waals surface area contributed by atoms with E-state index in [-0.39, 0.29) is 26.8 Å². The second-order valence-electron chi connectivity index (χ2n) is 3.10. The van der Waals surface area contributed by atoms with Crippen molar-refractivity contribution in [2.24, 2.45) is 5.73 Å². The van der Waals surface area contributed by atoms with Gasteiger partial charge in [-0.25, -0.2) is 5.26 Å². The second kappa shape index (κ2) is 9.14. The molecule has 8 heteroatoms. The Morgan fingerprint density at radius 1 is 1.21 bits per heavy atom. The molecule has 19 heavy (non-hydrogen) atoms. The number of nitrogens with one attached hydrogen (secondary N) is 1. The van der Waals surface area contributed by atoms with Gasteiger partial charge < -0.3 is 16.6 Å². The van der Waals surface area contributed by atoms with Crippen LogP contribution in [0.4, 0.5) is 5.69 Å². The molecule has 0 fully saturated rings. The minimum absolute atomic E-state index is 0. The van der Waals surface area contributed by atoms with E-state index in [9.17, 15) is 5.11 Å². The summed E-state index contributed by atoms with van der Waals surface area (Å²) in [6.45, 7) is 0. The monoisotopic (exact) mass is 453 g/mol. The summed E-state index contributed by atoms with van der Waals surface area (Å²) in [6, 6.07) is 8.10. The Morgan fingerprint density at radius 2 is 1.89 bits per heavy atom. The predicted molar refractivity (Wildman–Crippen MR) is 70.4 cm³/mol. The number of phenolic OH excluding ortho intramolecular Hbond substituents is 1. The first kappa shape index (κ1) is 18.2. The molecule has 0 atom stereocenters. The summed E-state index contributed by atoms with van der Waals surface area (Å²) < 4.78 is 4.27. The molecular weight excluding hydrogens is 440 g/mol. The third-order valence-electron chi connectivity index (χ3n) is 2.06. The Labute approximate surface area is 129 Å². The molecule has 104 valence electrons. The third kappa shape index (κ3) is 4.98. The number of rotatable bonds is 3.